The number of carbonyl (C=O) groups excluding carboxylic acids is 2. The number of thiophene rings is 1. The first-order valence-corrected chi connectivity index (χ1v) is 9.18. The van der Waals surface area contributed by atoms with Crippen molar-refractivity contribution in [2.24, 2.45) is 5.92 Å². The Kier molecular flexibility index (Phi) is 5.13. The van der Waals surface area contributed by atoms with Crippen LogP contribution in [0.15, 0.2) is 17.5 Å². The minimum atomic E-state index is 0.185. The summed E-state index contributed by atoms with van der Waals surface area (Å²) in [5.74, 6) is 0.894. The summed E-state index contributed by atoms with van der Waals surface area (Å²) in [5.41, 5.74) is 0. The highest BCUT2D eigenvalue weighted by molar-refractivity contribution is 7.10. The van der Waals surface area contributed by atoms with Gasteiger partial charge in [0.1, 0.15) is 0 Å². The molecule has 0 aromatic carbocycles. The van der Waals surface area contributed by atoms with Gasteiger partial charge in [-0.25, -0.2) is 0 Å². The number of amides is 2. The monoisotopic (exact) mass is 320 g/mol. The number of nitrogens with zero attached hydrogens (tertiary/aromatic N) is 1. The lowest BCUT2D eigenvalue weighted by Gasteiger charge is -2.32. The van der Waals surface area contributed by atoms with Crippen LogP contribution in [-0.2, 0) is 16.0 Å². The molecule has 1 aliphatic heterocycles. The Bertz CT molecular complexity index is 511. The van der Waals surface area contributed by atoms with Crippen LogP contribution in [-0.4, -0.2) is 35.8 Å². The zero-order valence-electron chi connectivity index (χ0n) is 12.9. The first-order valence-electron chi connectivity index (χ1n) is 8.30. The van der Waals surface area contributed by atoms with E-state index in [1.165, 1.54) is 0 Å². The zero-order valence-corrected chi connectivity index (χ0v) is 13.7. The number of rotatable bonds is 6. The van der Waals surface area contributed by atoms with Crippen molar-refractivity contribution in [3.8, 4) is 0 Å². The molecule has 1 N–H and O–H groups in total. The van der Waals surface area contributed by atoms with E-state index in [-0.39, 0.29) is 11.8 Å². The van der Waals surface area contributed by atoms with Crippen molar-refractivity contribution in [2.45, 2.75) is 51.0 Å². The fourth-order valence-electron chi connectivity index (χ4n) is 3.06. The summed E-state index contributed by atoms with van der Waals surface area (Å²) in [7, 11) is 0. The maximum atomic E-state index is 12.4. The average Bonchev–Trinajstić information content (AvgIpc) is 3.18. The van der Waals surface area contributed by atoms with E-state index in [0.717, 1.165) is 50.1 Å². The maximum absolute atomic E-state index is 12.4. The second kappa shape index (κ2) is 7.27. The van der Waals surface area contributed by atoms with Crippen LogP contribution < -0.4 is 5.32 Å². The number of likely N-dealkylation sites (tertiary alicyclic amines) is 1. The number of nitrogens with one attached hydrogen (secondary N) is 1. The zero-order chi connectivity index (χ0) is 15.4. The Morgan fingerprint density at radius 2 is 2.18 bits per heavy atom. The van der Waals surface area contributed by atoms with Crippen molar-refractivity contribution in [1.29, 1.82) is 0 Å². The minimum Gasteiger partial charge on any atom is -0.353 e. The third-order valence-corrected chi connectivity index (χ3v) is 5.38. The molecule has 2 aliphatic rings. The molecule has 120 valence electrons. The highest BCUT2D eigenvalue weighted by Gasteiger charge is 2.26. The largest absolute Gasteiger partial charge is 0.353 e. The Morgan fingerprint density at radius 3 is 2.91 bits per heavy atom. The van der Waals surface area contributed by atoms with Gasteiger partial charge in [0, 0.05) is 30.4 Å². The van der Waals surface area contributed by atoms with E-state index in [1.807, 2.05) is 22.4 Å². The molecule has 1 aliphatic carbocycles. The van der Waals surface area contributed by atoms with Crippen molar-refractivity contribution in [2.75, 3.05) is 13.1 Å². The van der Waals surface area contributed by atoms with Crippen LogP contribution in [0.2, 0.25) is 0 Å². The van der Waals surface area contributed by atoms with Crippen LogP contribution >= 0.6 is 11.3 Å². The molecule has 5 heteroatoms. The van der Waals surface area contributed by atoms with E-state index >= 15 is 0 Å². The smallest absolute Gasteiger partial charge is 0.227 e. The van der Waals surface area contributed by atoms with E-state index in [2.05, 4.69) is 5.32 Å². The number of hydrogen-bond donors (Lipinski definition) is 1. The minimum absolute atomic E-state index is 0.185. The molecule has 1 aromatic rings. The topological polar surface area (TPSA) is 49.4 Å². The van der Waals surface area contributed by atoms with E-state index in [9.17, 15) is 9.59 Å². The first kappa shape index (κ1) is 15.5. The van der Waals surface area contributed by atoms with Gasteiger partial charge in [0.15, 0.2) is 0 Å². The van der Waals surface area contributed by atoms with E-state index in [4.69, 9.17) is 0 Å². The molecule has 1 atom stereocenters. The van der Waals surface area contributed by atoms with Gasteiger partial charge in [-0.05, 0) is 49.5 Å². The molecular weight excluding hydrogens is 296 g/mol. The molecular formula is C17H24N2O2S. The normalized spacial score (nSPS) is 21.6. The fourth-order valence-corrected chi connectivity index (χ4v) is 3.76. The van der Waals surface area contributed by atoms with Crippen molar-refractivity contribution >= 4 is 23.2 Å². The molecule has 1 aromatic heterocycles. The Labute approximate surface area is 135 Å². The average molecular weight is 320 g/mol. The van der Waals surface area contributed by atoms with Crippen LogP contribution in [0.1, 0.15) is 43.4 Å². The van der Waals surface area contributed by atoms with Crippen LogP contribution in [0.4, 0.5) is 0 Å². The summed E-state index contributed by atoms with van der Waals surface area (Å²) in [4.78, 5) is 27.3. The SMILES string of the molecule is O=C(CCC1CCCN(C(=O)Cc2cccs2)C1)NC1CC1. The summed E-state index contributed by atoms with van der Waals surface area (Å²) in [6.07, 6.45) is 6.51. The van der Waals surface area contributed by atoms with Gasteiger partial charge >= 0.3 is 0 Å². The number of hydrogen-bond acceptors (Lipinski definition) is 3. The third-order valence-electron chi connectivity index (χ3n) is 4.50. The molecule has 2 heterocycles. The van der Waals surface area contributed by atoms with Crippen molar-refractivity contribution in [1.82, 2.24) is 10.2 Å². The molecule has 22 heavy (non-hydrogen) atoms. The number of carbonyl (C=O) groups is 2. The second-order valence-corrected chi connectivity index (χ2v) is 7.52. The van der Waals surface area contributed by atoms with Gasteiger partial charge in [0.25, 0.3) is 0 Å². The molecule has 4 nitrogen and oxygen atoms in total. The van der Waals surface area contributed by atoms with Crippen LogP contribution in [0, 0.1) is 5.92 Å². The van der Waals surface area contributed by atoms with Crippen molar-refractivity contribution in [3.63, 3.8) is 0 Å². The molecule has 1 saturated heterocycles. The van der Waals surface area contributed by atoms with Crippen molar-refractivity contribution in [3.05, 3.63) is 22.4 Å². The van der Waals surface area contributed by atoms with Gasteiger partial charge in [-0.15, -0.1) is 11.3 Å². The molecule has 1 saturated carbocycles. The third kappa shape index (κ3) is 4.57. The lowest BCUT2D eigenvalue weighted by Crippen LogP contribution is -2.41. The Hall–Kier alpha value is -1.36. The lowest BCUT2D eigenvalue weighted by molar-refractivity contribution is -0.132. The highest BCUT2D eigenvalue weighted by Crippen LogP contribution is 2.23. The van der Waals surface area contributed by atoms with Gasteiger partial charge < -0.3 is 10.2 Å². The number of piperidine rings is 1. The summed E-state index contributed by atoms with van der Waals surface area (Å²) < 4.78 is 0. The van der Waals surface area contributed by atoms with Gasteiger partial charge in [-0.2, -0.15) is 0 Å². The highest BCUT2D eigenvalue weighted by atomic mass is 32.1. The standard InChI is InChI=1S/C17H24N2O2S/c20-16(18-14-6-7-14)8-5-13-3-1-9-19(12-13)17(21)11-15-4-2-10-22-15/h2,4,10,13-14H,1,3,5-9,11-12H2,(H,18,20). The Balaban J connectivity index is 1.42. The van der Waals surface area contributed by atoms with Gasteiger partial charge in [-0.1, -0.05) is 6.07 Å². The first-order chi connectivity index (χ1) is 10.7. The van der Waals surface area contributed by atoms with Gasteiger partial charge in [-0.3, -0.25) is 9.59 Å². The van der Waals surface area contributed by atoms with Gasteiger partial charge in [0.05, 0.1) is 6.42 Å². The molecule has 0 bridgehead atoms. The molecule has 0 radical (unpaired) electrons. The molecule has 0 spiro atoms. The summed E-state index contributed by atoms with van der Waals surface area (Å²) >= 11 is 1.64. The fraction of sp³-hybridized carbons (Fsp3) is 0.647. The molecule has 2 amide bonds. The summed E-state index contributed by atoms with van der Waals surface area (Å²) in [6.45, 7) is 1.69. The molecule has 1 unspecified atom stereocenters. The van der Waals surface area contributed by atoms with Gasteiger partial charge in [0.2, 0.25) is 11.8 Å². The van der Waals surface area contributed by atoms with Crippen molar-refractivity contribution < 1.29 is 9.59 Å². The van der Waals surface area contributed by atoms with E-state index in [1.54, 1.807) is 11.3 Å². The predicted octanol–water partition coefficient (Wildman–Crippen LogP) is 2.59. The van der Waals surface area contributed by atoms with Crippen LogP contribution in [0.25, 0.3) is 0 Å². The molecule has 3 rings (SSSR count). The van der Waals surface area contributed by atoms with E-state index < -0.39 is 0 Å². The van der Waals surface area contributed by atoms with E-state index in [0.29, 0.717) is 24.8 Å². The Morgan fingerprint density at radius 1 is 1.32 bits per heavy atom. The van der Waals surface area contributed by atoms with Crippen LogP contribution in [0.5, 0.6) is 0 Å². The lowest BCUT2D eigenvalue weighted by atomic mass is 9.93. The molecule has 2 fully saturated rings. The van der Waals surface area contributed by atoms with Crippen LogP contribution in [0.3, 0.4) is 0 Å². The quantitative estimate of drug-likeness (QED) is 0.876. The maximum Gasteiger partial charge on any atom is 0.227 e. The summed E-state index contributed by atoms with van der Waals surface area (Å²) in [5, 5.41) is 5.05. The predicted molar refractivity (Wildman–Crippen MR) is 87.7 cm³/mol. The second-order valence-electron chi connectivity index (χ2n) is 6.48. The summed E-state index contributed by atoms with van der Waals surface area (Å²) in [6, 6.07) is 4.46.